The van der Waals surface area contributed by atoms with E-state index in [-0.39, 0.29) is 0 Å². The molecule has 0 radical (unpaired) electrons. The molecule has 0 aromatic carbocycles. The average Bonchev–Trinajstić information content (AvgIpc) is 2.41. The molecular formula is C9H9F3N2O4. The minimum absolute atomic E-state index is 0.299. The minimum atomic E-state index is -4.93. The maximum atomic E-state index is 12.6. The topological polar surface area (TPSA) is 86.7 Å². The molecule has 1 atom stereocenters. The summed E-state index contributed by atoms with van der Waals surface area (Å²) < 4.78 is 37.9. The zero-order chi connectivity index (χ0) is 14.1. The predicted octanol–water partition coefficient (Wildman–Crippen LogP) is 0.500. The standard InChI is InChI=1S/C9H9F3N2O4/c1-8(9(10,11)12)6(17)14(7(18)13-8)4-2-3-5(15)16/h2-3H,4H2,1H3,(H,13,18)(H,15,16). The zero-order valence-electron chi connectivity index (χ0n) is 9.11. The van der Waals surface area contributed by atoms with Gasteiger partial charge in [0, 0.05) is 12.6 Å². The van der Waals surface area contributed by atoms with Gasteiger partial charge in [-0.05, 0) is 6.92 Å². The summed E-state index contributed by atoms with van der Waals surface area (Å²) in [5.74, 6) is -2.80. The molecule has 0 bridgehead atoms. The van der Waals surface area contributed by atoms with Crippen LogP contribution in [0.15, 0.2) is 12.2 Å². The number of imide groups is 1. The number of hydrogen-bond donors (Lipinski definition) is 2. The van der Waals surface area contributed by atoms with E-state index in [1.165, 1.54) is 5.32 Å². The second-order valence-corrected chi connectivity index (χ2v) is 3.71. The van der Waals surface area contributed by atoms with Crippen molar-refractivity contribution in [1.29, 1.82) is 0 Å². The Morgan fingerprint density at radius 1 is 1.50 bits per heavy atom. The van der Waals surface area contributed by atoms with Crippen LogP contribution >= 0.6 is 0 Å². The summed E-state index contributed by atoms with van der Waals surface area (Å²) in [5.41, 5.74) is -2.97. The second-order valence-electron chi connectivity index (χ2n) is 3.71. The third kappa shape index (κ3) is 2.29. The van der Waals surface area contributed by atoms with E-state index in [2.05, 4.69) is 0 Å². The number of amides is 3. The number of halogens is 3. The van der Waals surface area contributed by atoms with Gasteiger partial charge in [0.2, 0.25) is 5.54 Å². The molecule has 1 fully saturated rings. The lowest BCUT2D eigenvalue weighted by Gasteiger charge is -2.24. The molecule has 0 aromatic rings. The van der Waals surface area contributed by atoms with Crippen LogP contribution < -0.4 is 5.32 Å². The van der Waals surface area contributed by atoms with E-state index < -0.39 is 36.2 Å². The molecule has 0 saturated carbocycles. The number of carbonyl (C=O) groups is 3. The van der Waals surface area contributed by atoms with Crippen LogP contribution in [-0.2, 0) is 9.59 Å². The molecule has 1 saturated heterocycles. The first-order valence-electron chi connectivity index (χ1n) is 4.70. The van der Waals surface area contributed by atoms with Gasteiger partial charge in [-0.15, -0.1) is 0 Å². The minimum Gasteiger partial charge on any atom is -0.478 e. The van der Waals surface area contributed by atoms with Crippen molar-refractivity contribution >= 4 is 17.9 Å². The number of urea groups is 1. The van der Waals surface area contributed by atoms with Gasteiger partial charge >= 0.3 is 18.2 Å². The molecule has 9 heteroatoms. The normalized spacial score (nSPS) is 24.8. The Morgan fingerprint density at radius 3 is 2.44 bits per heavy atom. The van der Waals surface area contributed by atoms with Gasteiger partial charge in [-0.2, -0.15) is 13.2 Å². The molecule has 100 valence electrons. The number of alkyl halides is 3. The fraction of sp³-hybridized carbons (Fsp3) is 0.444. The molecule has 6 nitrogen and oxygen atoms in total. The van der Waals surface area contributed by atoms with Crippen molar-refractivity contribution in [3.63, 3.8) is 0 Å². The molecule has 2 N–H and O–H groups in total. The summed E-state index contributed by atoms with van der Waals surface area (Å²) in [7, 11) is 0. The molecule has 18 heavy (non-hydrogen) atoms. The lowest BCUT2D eigenvalue weighted by atomic mass is 10.0. The van der Waals surface area contributed by atoms with Crippen molar-refractivity contribution in [1.82, 2.24) is 10.2 Å². The highest BCUT2D eigenvalue weighted by Crippen LogP contribution is 2.34. The van der Waals surface area contributed by atoms with Crippen molar-refractivity contribution in [2.75, 3.05) is 6.54 Å². The van der Waals surface area contributed by atoms with E-state index in [9.17, 15) is 27.6 Å². The highest BCUT2D eigenvalue weighted by molar-refractivity contribution is 6.07. The Balaban J connectivity index is 2.89. The Hall–Kier alpha value is -2.06. The summed E-state index contributed by atoms with van der Waals surface area (Å²) in [6, 6.07) is -1.21. The SMILES string of the molecule is CC1(C(F)(F)F)NC(=O)N(CC=CC(=O)O)C1=O. The van der Waals surface area contributed by atoms with E-state index >= 15 is 0 Å². The maximum absolute atomic E-state index is 12.6. The predicted molar refractivity (Wildman–Crippen MR) is 51.5 cm³/mol. The molecule has 0 aliphatic carbocycles. The summed E-state index contributed by atoms with van der Waals surface area (Å²) in [5, 5.41) is 9.82. The number of nitrogens with one attached hydrogen (secondary N) is 1. The molecule has 1 rings (SSSR count). The monoisotopic (exact) mass is 266 g/mol. The number of rotatable bonds is 3. The summed E-state index contributed by atoms with van der Waals surface area (Å²) in [6.45, 7) is 0.0107. The van der Waals surface area contributed by atoms with Crippen LogP contribution in [0.5, 0.6) is 0 Å². The number of carbonyl (C=O) groups excluding carboxylic acids is 2. The summed E-state index contributed by atoms with van der Waals surface area (Å²) >= 11 is 0. The highest BCUT2D eigenvalue weighted by atomic mass is 19.4. The Kier molecular flexibility index (Phi) is 3.36. The van der Waals surface area contributed by atoms with Crippen LogP contribution in [0.3, 0.4) is 0 Å². The summed E-state index contributed by atoms with van der Waals surface area (Å²) in [4.78, 5) is 33.2. The molecule has 1 unspecified atom stereocenters. The highest BCUT2D eigenvalue weighted by Gasteiger charge is 2.64. The average molecular weight is 266 g/mol. The van der Waals surface area contributed by atoms with Crippen LogP contribution in [0, 0.1) is 0 Å². The first-order chi connectivity index (χ1) is 8.09. The van der Waals surface area contributed by atoms with Gasteiger partial charge in [-0.1, -0.05) is 6.08 Å². The van der Waals surface area contributed by atoms with Crippen LogP contribution in [-0.4, -0.2) is 46.2 Å². The second kappa shape index (κ2) is 4.31. The van der Waals surface area contributed by atoms with Crippen molar-refractivity contribution in [3.8, 4) is 0 Å². The lowest BCUT2D eigenvalue weighted by molar-refractivity contribution is -0.190. The zero-order valence-corrected chi connectivity index (χ0v) is 9.11. The maximum Gasteiger partial charge on any atom is 0.420 e. The lowest BCUT2D eigenvalue weighted by Crippen LogP contribution is -2.56. The molecule has 1 aliphatic rings. The van der Waals surface area contributed by atoms with E-state index in [1.54, 1.807) is 0 Å². The van der Waals surface area contributed by atoms with Crippen LogP contribution in [0.4, 0.5) is 18.0 Å². The number of carboxylic acids is 1. The molecular weight excluding hydrogens is 257 g/mol. The van der Waals surface area contributed by atoms with Gasteiger partial charge in [0.25, 0.3) is 5.91 Å². The van der Waals surface area contributed by atoms with Crippen LogP contribution in [0.25, 0.3) is 0 Å². The molecule has 0 spiro atoms. The quantitative estimate of drug-likeness (QED) is 0.575. The molecule has 0 aromatic heterocycles. The van der Waals surface area contributed by atoms with Crippen LogP contribution in [0.1, 0.15) is 6.92 Å². The Bertz CT molecular complexity index is 432. The van der Waals surface area contributed by atoms with Crippen molar-refractivity contribution < 1.29 is 32.7 Å². The Morgan fingerprint density at radius 2 is 2.06 bits per heavy atom. The van der Waals surface area contributed by atoms with E-state index in [1.807, 2.05) is 0 Å². The molecule has 3 amide bonds. The van der Waals surface area contributed by atoms with Gasteiger partial charge in [-0.3, -0.25) is 9.69 Å². The van der Waals surface area contributed by atoms with Crippen molar-refractivity contribution in [2.24, 2.45) is 0 Å². The van der Waals surface area contributed by atoms with Crippen LogP contribution in [0.2, 0.25) is 0 Å². The van der Waals surface area contributed by atoms with E-state index in [0.717, 1.165) is 6.08 Å². The van der Waals surface area contributed by atoms with E-state index in [4.69, 9.17) is 5.11 Å². The largest absolute Gasteiger partial charge is 0.478 e. The first-order valence-corrected chi connectivity index (χ1v) is 4.70. The Labute approximate surface area is 99.0 Å². The smallest absolute Gasteiger partial charge is 0.420 e. The molecule has 1 heterocycles. The number of carboxylic acid groups (broad SMARTS) is 1. The van der Waals surface area contributed by atoms with Gasteiger partial charge in [0.05, 0.1) is 0 Å². The fourth-order valence-electron chi connectivity index (χ4n) is 1.31. The van der Waals surface area contributed by atoms with Gasteiger partial charge in [0.1, 0.15) is 0 Å². The fourth-order valence-corrected chi connectivity index (χ4v) is 1.31. The van der Waals surface area contributed by atoms with Crippen molar-refractivity contribution in [3.05, 3.63) is 12.2 Å². The number of hydrogen-bond acceptors (Lipinski definition) is 3. The number of nitrogens with zero attached hydrogens (tertiary/aromatic N) is 1. The van der Waals surface area contributed by atoms with Gasteiger partial charge < -0.3 is 10.4 Å². The van der Waals surface area contributed by atoms with Gasteiger partial charge in [0.15, 0.2) is 0 Å². The molecule has 1 aliphatic heterocycles. The number of aliphatic carboxylic acids is 1. The van der Waals surface area contributed by atoms with Crippen molar-refractivity contribution in [2.45, 2.75) is 18.6 Å². The van der Waals surface area contributed by atoms with E-state index in [0.29, 0.717) is 17.9 Å². The third-order valence-electron chi connectivity index (χ3n) is 2.39. The third-order valence-corrected chi connectivity index (χ3v) is 2.39. The first kappa shape index (κ1) is 14.0. The van der Waals surface area contributed by atoms with Gasteiger partial charge in [-0.25, -0.2) is 9.59 Å². The summed E-state index contributed by atoms with van der Waals surface area (Å²) in [6.07, 6.45) is -3.39.